The van der Waals surface area contributed by atoms with E-state index in [1.54, 1.807) is 0 Å². The van der Waals surface area contributed by atoms with Gasteiger partial charge in [0.1, 0.15) is 0 Å². The van der Waals surface area contributed by atoms with Gasteiger partial charge in [-0.1, -0.05) is 48.6 Å². The molecule has 0 saturated carbocycles. The maximum absolute atomic E-state index is 4.88. The summed E-state index contributed by atoms with van der Waals surface area (Å²) in [5.41, 5.74) is 0. The van der Waals surface area contributed by atoms with E-state index in [1.165, 1.54) is 0 Å². The third kappa shape index (κ3) is 15.4. The van der Waals surface area contributed by atoms with Crippen molar-refractivity contribution in [2.45, 2.75) is 12.8 Å². The first-order chi connectivity index (χ1) is 6.41. The van der Waals surface area contributed by atoms with Gasteiger partial charge in [-0.15, -0.1) is 0 Å². The fourth-order valence-corrected chi connectivity index (χ4v) is 0.786. The molecular weight excluding hydrogens is 581 g/mol. The minimum Gasteiger partial charge on any atom is 0 e. The quantitative estimate of drug-likeness (QED) is 0.392. The van der Waals surface area contributed by atoms with Gasteiger partial charge in [0.25, 0.3) is 0 Å². The molecule has 0 aromatic heterocycles. The summed E-state index contributed by atoms with van der Waals surface area (Å²) in [6.07, 6.45) is 19.0. The summed E-state index contributed by atoms with van der Waals surface area (Å²) in [5.74, 6) is 0. The first-order valence-electron chi connectivity index (χ1n) is 3.87. The molecule has 0 amide bonds. The summed E-state index contributed by atoms with van der Waals surface area (Å²) in [6.45, 7) is 0. The molecule has 0 radical (unpaired) electrons. The maximum atomic E-state index is 4.88. The van der Waals surface area contributed by atoms with Gasteiger partial charge in [0.15, 0.2) is 0 Å². The third-order valence-corrected chi connectivity index (χ3v) is 1.31. The predicted molar refractivity (Wildman–Crippen MR) is 57.5 cm³/mol. The van der Waals surface area contributed by atoms with Crippen LogP contribution in [0.3, 0.4) is 0 Å². The van der Waals surface area contributed by atoms with E-state index < -0.39 is 16.5 Å². The minimum atomic E-state index is -0.472. The average molecular weight is 593 g/mol. The summed E-state index contributed by atoms with van der Waals surface area (Å²) in [7, 11) is 9.75. The molecule has 2 aliphatic rings. The molecule has 4 heteroatoms. The Labute approximate surface area is 117 Å². The van der Waals surface area contributed by atoms with Crippen LogP contribution in [0.25, 0.3) is 0 Å². The number of rotatable bonds is 0. The van der Waals surface area contributed by atoms with Crippen molar-refractivity contribution in [3.8, 4) is 0 Å². The zero-order valence-electron chi connectivity index (χ0n) is 7.42. The normalized spacial score (nSPS) is 14.1. The van der Waals surface area contributed by atoms with Crippen LogP contribution in [0.2, 0.25) is 0 Å². The molecule has 0 aliphatic heterocycles. The molecule has 86 valence electrons. The number of halogens is 2. The molecule has 0 nitrogen and oxygen atoms in total. The Kier molecular flexibility index (Phi) is 20.2. The molecule has 0 heterocycles. The molecular formula is C10H12Cl2Pt2. The van der Waals surface area contributed by atoms with E-state index >= 15 is 0 Å². The van der Waals surface area contributed by atoms with E-state index in [4.69, 9.17) is 18.8 Å². The average Bonchev–Trinajstić information content (AvgIpc) is 2.85. The molecule has 0 spiro atoms. The Balaban J connectivity index is 0. The molecule has 2 aliphatic carbocycles. The van der Waals surface area contributed by atoms with Crippen LogP contribution in [0.1, 0.15) is 12.8 Å². The Morgan fingerprint density at radius 2 is 0.929 bits per heavy atom. The molecule has 0 bridgehead atoms. The van der Waals surface area contributed by atoms with Crippen molar-refractivity contribution in [1.29, 1.82) is 0 Å². The first kappa shape index (κ1) is 17.3. The van der Waals surface area contributed by atoms with E-state index in [0.717, 1.165) is 12.8 Å². The van der Waals surface area contributed by atoms with Crippen LogP contribution in [-0.2, 0) is 37.5 Å². The van der Waals surface area contributed by atoms with Gasteiger partial charge in [-0.2, -0.15) is 0 Å². The van der Waals surface area contributed by atoms with Crippen LogP contribution in [0, 0.1) is 0 Å². The smallest absolute Gasteiger partial charge is 0 e. The largest absolute Gasteiger partial charge is 0 e. The van der Waals surface area contributed by atoms with Gasteiger partial charge in [0, 0.05) is 21.1 Å². The van der Waals surface area contributed by atoms with Crippen LogP contribution in [-0.4, -0.2) is 0 Å². The Bertz CT molecular complexity index is 166. The van der Waals surface area contributed by atoms with Crippen molar-refractivity contribution in [2.24, 2.45) is 0 Å². The van der Waals surface area contributed by atoms with Gasteiger partial charge in [0.05, 0.1) is 0 Å². The summed E-state index contributed by atoms with van der Waals surface area (Å²) >= 11 is -0.472. The summed E-state index contributed by atoms with van der Waals surface area (Å²) in [6, 6.07) is 0. The fourth-order valence-electron chi connectivity index (χ4n) is 0.786. The van der Waals surface area contributed by atoms with Gasteiger partial charge >= 0.3 is 35.3 Å². The number of allylic oxidation sites excluding steroid dienone is 8. The summed E-state index contributed by atoms with van der Waals surface area (Å²) in [4.78, 5) is 0. The van der Waals surface area contributed by atoms with Gasteiger partial charge in [0.2, 0.25) is 0 Å². The molecule has 0 saturated heterocycles. The van der Waals surface area contributed by atoms with E-state index in [2.05, 4.69) is 48.6 Å². The zero-order chi connectivity index (χ0) is 9.78. The van der Waals surface area contributed by atoms with Gasteiger partial charge < -0.3 is 0 Å². The second kappa shape index (κ2) is 16.4. The van der Waals surface area contributed by atoms with Crippen LogP contribution in [0.4, 0.5) is 0 Å². The molecule has 0 aromatic carbocycles. The second-order valence-electron chi connectivity index (χ2n) is 2.23. The van der Waals surface area contributed by atoms with Crippen molar-refractivity contribution in [2.75, 3.05) is 0 Å². The number of hydrogen-bond acceptors (Lipinski definition) is 0. The molecule has 14 heavy (non-hydrogen) atoms. The topological polar surface area (TPSA) is 0 Å². The molecule has 0 fully saturated rings. The van der Waals surface area contributed by atoms with Crippen LogP contribution in [0.5, 0.6) is 0 Å². The Morgan fingerprint density at radius 3 is 1.00 bits per heavy atom. The van der Waals surface area contributed by atoms with Gasteiger partial charge in [-0.05, 0) is 12.8 Å². The number of hydrogen-bond donors (Lipinski definition) is 0. The van der Waals surface area contributed by atoms with Crippen molar-refractivity contribution in [1.82, 2.24) is 0 Å². The zero-order valence-corrected chi connectivity index (χ0v) is 13.5. The van der Waals surface area contributed by atoms with Crippen molar-refractivity contribution < 1.29 is 37.5 Å². The monoisotopic (exact) mass is 592 g/mol. The minimum absolute atomic E-state index is 0. The summed E-state index contributed by atoms with van der Waals surface area (Å²) < 4.78 is 0. The maximum Gasteiger partial charge on any atom is 0 e. The first-order valence-corrected chi connectivity index (χ1v) is 9.50. The van der Waals surface area contributed by atoms with E-state index in [1.807, 2.05) is 0 Å². The van der Waals surface area contributed by atoms with Crippen LogP contribution in [0.15, 0.2) is 48.6 Å². The van der Waals surface area contributed by atoms with Crippen molar-refractivity contribution in [3.63, 3.8) is 0 Å². The molecule has 0 aromatic rings. The van der Waals surface area contributed by atoms with Crippen LogP contribution < -0.4 is 0 Å². The van der Waals surface area contributed by atoms with Crippen LogP contribution >= 0.6 is 18.8 Å². The van der Waals surface area contributed by atoms with Gasteiger partial charge in [-0.3, -0.25) is 0 Å². The third-order valence-electron chi connectivity index (χ3n) is 1.31. The predicted octanol–water partition coefficient (Wildman–Crippen LogP) is 4.38. The molecule has 0 unspecified atom stereocenters. The SMILES string of the molecule is C1=CCC=C1.C1=CCC=C1.[Cl][Pt][Cl].[Pt]. The Morgan fingerprint density at radius 1 is 0.714 bits per heavy atom. The summed E-state index contributed by atoms with van der Waals surface area (Å²) in [5, 5.41) is 0. The molecule has 0 atom stereocenters. The second-order valence-corrected chi connectivity index (χ2v) is 5.51. The molecule has 2 rings (SSSR count). The van der Waals surface area contributed by atoms with E-state index in [9.17, 15) is 0 Å². The Hall–Kier alpha value is 0.917. The van der Waals surface area contributed by atoms with E-state index in [0.29, 0.717) is 0 Å². The standard InChI is InChI=1S/2C5H6.2ClH.2Pt/c2*1-2-4-5-3-1;;;;/h2*1-4H,5H2;2*1H;;/q;;;;;+2/p-2. The van der Waals surface area contributed by atoms with E-state index in [-0.39, 0.29) is 21.1 Å². The fraction of sp³-hybridized carbons (Fsp3) is 0.200. The molecule has 0 N–H and O–H groups in total. The van der Waals surface area contributed by atoms with Crippen molar-refractivity contribution in [3.05, 3.63) is 48.6 Å². The van der Waals surface area contributed by atoms with Crippen molar-refractivity contribution >= 4 is 18.8 Å². The van der Waals surface area contributed by atoms with Gasteiger partial charge in [-0.25, -0.2) is 0 Å².